The summed E-state index contributed by atoms with van der Waals surface area (Å²) in [6.07, 6.45) is 5.10. The van der Waals surface area contributed by atoms with E-state index < -0.39 is 0 Å². The second-order valence-corrected chi connectivity index (χ2v) is 7.72. The quantitative estimate of drug-likeness (QED) is 0.0652. The SMILES string of the molecule is COc1cccc(C=N[N-]C(=[SH+])Nc2ccccc2)c1[OH2+].[Ni+2].c1cnc2c(c1)ccc1cccnc12. The Hall–Kier alpha value is -4.07. The molecule has 0 saturated heterocycles. The molecule has 0 aliphatic carbocycles. The maximum atomic E-state index is 7.91. The van der Waals surface area contributed by atoms with Gasteiger partial charge in [0.2, 0.25) is 10.9 Å². The molecule has 36 heavy (non-hydrogen) atoms. The van der Waals surface area contributed by atoms with E-state index in [0.29, 0.717) is 16.4 Å². The van der Waals surface area contributed by atoms with Crippen molar-refractivity contribution in [3.8, 4) is 11.5 Å². The number of ether oxygens (including phenoxy) is 1. The predicted molar refractivity (Wildman–Crippen MR) is 148 cm³/mol. The first-order valence-corrected chi connectivity index (χ1v) is 11.2. The van der Waals surface area contributed by atoms with Crippen LogP contribution in [0.3, 0.4) is 0 Å². The minimum Gasteiger partial charge on any atom is -0.590 e. The van der Waals surface area contributed by atoms with E-state index in [1.165, 1.54) is 13.3 Å². The van der Waals surface area contributed by atoms with Crippen LogP contribution in [0.25, 0.3) is 27.2 Å². The first-order chi connectivity index (χ1) is 17.2. The maximum Gasteiger partial charge on any atom is 2.00 e. The molecule has 0 atom stereocenters. The van der Waals surface area contributed by atoms with E-state index in [2.05, 4.69) is 62.3 Å². The second kappa shape index (κ2) is 13.1. The number of fused-ring (bicyclic) bond motifs is 3. The zero-order valence-corrected chi connectivity index (χ0v) is 21.2. The van der Waals surface area contributed by atoms with Crippen molar-refractivity contribution in [3.05, 3.63) is 108 Å². The van der Waals surface area contributed by atoms with Crippen molar-refractivity contribution in [3.63, 3.8) is 0 Å². The van der Waals surface area contributed by atoms with Crippen molar-refractivity contribution >= 4 is 51.0 Å². The topological polar surface area (TPSA) is 96.4 Å². The normalized spacial score (nSPS) is 10.2. The molecular formula is C27H24N5NiO2S+3. The Morgan fingerprint density at radius 2 is 1.53 bits per heavy atom. The second-order valence-electron chi connectivity index (χ2n) is 7.30. The predicted octanol–water partition coefficient (Wildman–Crippen LogP) is 5.10. The molecule has 0 amide bonds. The van der Waals surface area contributed by atoms with Crippen molar-refractivity contribution in [2.24, 2.45) is 5.10 Å². The maximum absolute atomic E-state index is 7.91. The molecule has 5 aromatic rings. The van der Waals surface area contributed by atoms with E-state index >= 15 is 0 Å². The minimum absolute atomic E-state index is 0. The Bertz CT molecular complexity index is 1430. The minimum atomic E-state index is 0. The fourth-order valence-electron chi connectivity index (χ4n) is 3.33. The summed E-state index contributed by atoms with van der Waals surface area (Å²) >= 11 is 4.21. The molecule has 0 bridgehead atoms. The van der Waals surface area contributed by atoms with E-state index in [1.807, 2.05) is 42.5 Å². The molecule has 2 heterocycles. The van der Waals surface area contributed by atoms with E-state index in [9.17, 15) is 0 Å². The van der Waals surface area contributed by atoms with Crippen molar-refractivity contribution in [2.45, 2.75) is 0 Å². The van der Waals surface area contributed by atoms with Crippen LogP contribution in [-0.2, 0) is 28.7 Å². The number of anilines is 1. The number of benzene rings is 3. The van der Waals surface area contributed by atoms with Crippen molar-refractivity contribution < 1.29 is 26.3 Å². The van der Waals surface area contributed by atoms with E-state index in [1.54, 1.807) is 30.6 Å². The number of hydrogen-bond acceptors (Lipinski definition) is 4. The number of hydrogen-bond donors (Lipinski definition) is 1. The summed E-state index contributed by atoms with van der Waals surface area (Å²) in [7, 11) is 1.53. The number of para-hydroxylation sites is 2. The van der Waals surface area contributed by atoms with Gasteiger partial charge in [-0.05, 0) is 36.4 Å². The van der Waals surface area contributed by atoms with E-state index in [-0.39, 0.29) is 22.2 Å². The van der Waals surface area contributed by atoms with Gasteiger partial charge in [0, 0.05) is 35.1 Å². The molecular weight excluding hydrogens is 517 g/mol. The Morgan fingerprint density at radius 1 is 0.889 bits per heavy atom. The standard InChI is InChI=1S/C15H15N3O2S.C12H8N2.Ni/c1-20-13-9-5-6-11(14(13)19)10-16-18-15(21)17-12-7-3-2-4-8-12;1-3-9-5-6-10-4-2-8-14-12(10)11(9)13-7-1;/h2-10H,1H3,(H3,16,17,18,19,21);1-8H;/q;;+2/p+1. The monoisotopic (exact) mass is 540 g/mol. The largest absolute Gasteiger partial charge is 2.00 e. The summed E-state index contributed by atoms with van der Waals surface area (Å²) < 4.78 is 5.08. The van der Waals surface area contributed by atoms with Crippen LogP contribution in [0.2, 0.25) is 0 Å². The molecule has 0 fully saturated rings. The first-order valence-electron chi connectivity index (χ1n) is 10.7. The summed E-state index contributed by atoms with van der Waals surface area (Å²) in [4.78, 5) is 8.69. The molecule has 3 aromatic carbocycles. The Balaban J connectivity index is 0.000000208. The van der Waals surface area contributed by atoms with Crippen LogP contribution in [0, 0.1) is 0 Å². The van der Waals surface area contributed by atoms with Gasteiger partial charge in [-0.15, -0.1) is 0 Å². The van der Waals surface area contributed by atoms with Crippen LogP contribution in [-0.4, -0.2) is 33.5 Å². The van der Waals surface area contributed by atoms with Gasteiger partial charge >= 0.3 is 22.2 Å². The van der Waals surface area contributed by atoms with Crippen LogP contribution in [0.4, 0.5) is 5.69 Å². The number of pyridine rings is 2. The average molecular weight is 541 g/mol. The molecule has 0 aliphatic heterocycles. The molecule has 7 nitrogen and oxygen atoms in total. The Morgan fingerprint density at radius 3 is 2.14 bits per heavy atom. The van der Waals surface area contributed by atoms with Crippen molar-refractivity contribution in [1.29, 1.82) is 0 Å². The average Bonchev–Trinajstić information content (AvgIpc) is 2.90. The molecule has 2 aromatic heterocycles. The summed E-state index contributed by atoms with van der Waals surface area (Å²) in [5, 5.41) is 17.5. The zero-order chi connectivity index (χ0) is 24.5. The molecule has 0 spiro atoms. The van der Waals surface area contributed by atoms with Gasteiger partial charge in [0.05, 0.1) is 23.7 Å². The van der Waals surface area contributed by atoms with Gasteiger partial charge in [0.15, 0.2) is 12.2 Å². The van der Waals surface area contributed by atoms with Crippen LogP contribution < -0.4 is 10.1 Å². The van der Waals surface area contributed by atoms with Gasteiger partial charge in [-0.25, -0.2) is 0 Å². The summed E-state index contributed by atoms with van der Waals surface area (Å²) in [6.45, 7) is 0. The summed E-state index contributed by atoms with van der Waals surface area (Å²) in [6, 6.07) is 27.0. The third-order valence-electron chi connectivity index (χ3n) is 5.00. The van der Waals surface area contributed by atoms with Crippen LogP contribution in [0.5, 0.6) is 11.5 Å². The third-order valence-corrected chi connectivity index (χ3v) is 5.20. The first kappa shape index (κ1) is 26.5. The number of thiol groups is 1. The summed E-state index contributed by atoms with van der Waals surface area (Å²) in [5.41, 5.74) is 7.38. The van der Waals surface area contributed by atoms with E-state index in [4.69, 9.17) is 9.84 Å². The molecule has 0 aliphatic rings. The zero-order valence-electron chi connectivity index (χ0n) is 19.3. The van der Waals surface area contributed by atoms with Gasteiger partial charge in [-0.2, -0.15) is 0 Å². The number of rotatable bonds is 4. The number of aromatic nitrogens is 2. The molecule has 5 rings (SSSR count). The molecule has 0 unspecified atom stereocenters. The van der Waals surface area contributed by atoms with Gasteiger partial charge in [-0.1, -0.05) is 48.5 Å². The molecule has 3 N–H and O–H groups in total. The Kier molecular flexibility index (Phi) is 9.68. The van der Waals surface area contributed by atoms with Gasteiger partial charge in [0.1, 0.15) is 0 Å². The summed E-state index contributed by atoms with van der Waals surface area (Å²) in [5.74, 6) is 0.770. The Labute approximate surface area is 224 Å². The number of nitrogens with one attached hydrogen (secondary N) is 1. The van der Waals surface area contributed by atoms with Crippen LogP contribution in [0.1, 0.15) is 5.56 Å². The van der Waals surface area contributed by atoms with Crippen LogP contribution >= 0.6 is 0 Å². The molecule has 182 valence electrons. The van der Waals surface area contributed by atoms with Gasteiger partial charge < -0.3 is 25.7 Å². The number of methoxy groups -OCH3 is 1. The van der Waals surface area contributed by atoms with Crippen molar-refractivity contribution in [2.75, 3.05) is 12.4 Å². The molecule has 0 radical (unpaired) electrons. The fourth-order valence-corrected chi connectivity index (χ4v) is 3.51. The smallest absolute Gasteiger partial charge is 0.590 e. The fraction of sp³-hybridized carbons (Fsp3) is 0.0370. The van der Waals surface area contributed by atoms with Gasteiger partial charge in [0.25, 0.3) is 0 Å². The number of nitrogens with zero attached hydrogens (tertiary/aromatic N) is 4. The van der Waals surface area contributed by atoms with Crippen molar-refractivity contribution in [1.82, 2.24) is 9.97 Å². The third kappa shape index (κ3) is 6.75. The molecule has 0 saturated carbocycles. The van der Waals surface area contributed by atoms with Gasteiger partial charge in [-0.3, -0.25) is 9.97 Å². The van der Waals surface area contributed by atoms with E-state index in [0.717, 1.165) is 27.5 Å². The molecule has 9 heteroatoms. The van der Waals surface area contributed by atoms with Crippen LogP contribution in [0.15, 0.2) is 102 Å².